The van der Waals surface area contributed by atoms with Crippen molar-refractivity contribution >= 4 is 6.09 Å². The van der Waals surface area contributed by atoms with Gasteiger partial charge in [0.25, 0.3) is 0 Å². The van der Waals surface area contributed by atoms with Gasteiger partial charge in [-0.15, -0.1) is 0 Å². The van der Waals surface area contributed by atoms with Crippen molar-refractivity contribution in [3.8, 4) is 0 Å². The normalized spacial score (nSPS) is 49.7. The molecule has 3 aliphatic rings. The highest BCUT2D eigenvalue weighted by atomic mass is 16.6. The van der Waals surface area contributed by atoms with Gasteiger partial charge in [-0.25, -0.2) is 4.79 Å². The van der Waals surface area contributed by atoms with E-state index < -0.39 is 0 Å². The van der Waals surface area contributed by atoms with E-state index in [1.54, 1.807) is 4.90 Å². The van der Waals surface area contributed by atoms with Crippen LogP contribution in [0.1, 0.15) is 13.8 Å². The molecule has 0 radical (unpaired) electrons. The fourth-order valence-corrected chi connectivity index (χ4v) is 2.65. The van der Waals surface area contributed by atoms with Gasteiger partial charge in [-0.1, -0.05) is 0 Å². The molecular formula is C9H13NO3. The van der Waals surface area contributed by atoms with E-state index >= 15 is 0 Å². The second-order valence-corrected chi connectivity index (χ2v) is 4.17. The van der Waals surface area contributed by atoms with E-state index in [0.717, 1.165) is 6.54 Å². The van der Waals surface area contributed by atoms with Crippen LogP contribution in [0.25, 0.3) is 0 Å². The number of piperidine rings is 1. The van der Waals surface area contributed by atoms with E-state index in [2.05, 4.69) is 6.92 Å². The number of nitrogens with zero attached hydrogens (tertiary/aromatic N) is 1. The van der Waals surface area contributed by atoms with Crippen LogP contribution in [0.4, 0.5) is 4.79 Å². The summed E-state index contributed by atoms with van der Waals surface area (Å²) in [6.07, 6.45) is 0.122. The number of carbonyl (C=O) groups excluding carboxylic acids is 1. The first-order chi connectivity index (χ1) is 6.18. The standard InChI is InChI=1S/C9H13NO3/c1-3-12-8(11)10-4-5-6(10)7-9(5,2)13-7/h5-7H,3-4H2,1-2H3/t5-,6+,7-,9+/m0/s1. The molecule has 0 aromatic heterocycles. The number of carbonyl (C=O) groups is 1. The van der Waals surface area contributed by atoms with Crippen molar-refractivity contribution in [2.45, 2.75) is 31.6 Å². The maximum atomic E-state index is 11.3. The number of rotatable bonds is 1. The summed E-state index contributed by atoms with van der Waals surface area (Å²) < 4.78 is 10.4. The highest BCUT2D eigenvalue weighted by molar-refractivity contribution is 5.71. The molecule has 1 saturated carbocycles. The second-order valence-electron chi connectivity index (χ2n) is 4.17. The number of epoxide rings is 1. The molecule has 4 nitrogen and oxygen atoms in total. The predicted molar refractivity (Wildman–Crippen MR) is 44.3 cm³/mol. The van der Waals surface area contributed by atoms with Crippen LogP contribution in [0.15, 0.2) is 0 Å². The minimum atomic E-state index is -0.179. The minimum absolute atomic E-state index is 0.119. The summed E-state index contributed by atoms with van der Waals surface area (Å²) >= 11 is 0. The van der Waals surface area contributed by atoms with Gasteiger partial charge in [-0.3, -0.25) is 0 Å². The van der Waals surface area contributed by atoms with Crippen molar-refractivity contribution in [2.75, 3.05) is 13.2 Å². The lowest BCUT2D eigenvalue weighted by atomic mass is 9.64. The third-order valence-corrected chi connectivity index (χ3v) is 3.60. The zero-order chi connectivity index (χ0) is 9.22. The highest BCUT2D eigenvalue weighted by Crippen LogP contribution is 2.64. The quantitative estimate of drug-likeness (QED) is 0.559. The van der Waals surface area contributed by atoms with E-state index in [0.29, 0.717) is 24.7 Å². The van der Waals surface area contributed by atoms with E-state index in [9.17, 15) is 4.79 Å². The van der Waals surface area contributed by atoms with E-state index in [1.807, 2.05) is 6.92 Å². The van der Waals surface area contributed by atoms with Crippen molar-refractivity contribution < 1.29 is 14.3 Å². The summed E-state index contributed by atoms with van der Waals surface area (Å²) in [6, 6.07) is 0.323. The van der Waals surface area contributed by atoms with Crippen molar-refractivity contribution in [3.63, 3.8) is 0 Å². The molecule has 4 heteroatoms. The van der Waals surface area contributed by atoms with Crippen molar-refractivity contribution in [1.29, 1.82) is 0 Å². The van der Waals surface area contributed by atoms with Crippen LogP contribution in [-0.4, -0.2) is 41.9 Å². The van der Waals surface area contributed by atoms with Gasteiger partial charge in [0.05, 0.1) is 12.6 Å². The molecule has 3 rings (SSSR count). The molecule has 0 aromatic rings. The number of likely N-dealkylation sites (tertiary alicyclic amines) is 1. The molecule has 0 N–H and O–H groups in total. The first-order valence-corrected chi connectivity index (χ1v) is 4.79. The molecule has 1 aliphatic carbocycles. The summed E-state index contributed by atoms with van der Waals surface area (Å²) in [5, 5.41) is 0. The molecule has 13 heavy (non-hydrogen) atoms. The SMILES string of the molecule is CCOC(=O)N1C[C@H]2[C@@H]1[C@@H]1O[C@]21C. The average molecular weight is 183 g/mol. The maximum absolute atomic E-state index is 11.3. The van der Waals surface area contributed by atoms with Crippen LogP contribution >= 0.6 is 0 Å². The second kappa shape index (κ2) is 2.00. The zero-order valence-electron chi connectivity index (χ0n) is 7.82. The minimum Gasteiger partial charge on any atom is -0.450 e. The summed E-state index contributed by atoms with van der Waals surface area (Å²) in [5.74, 6) is 0.571. The lowest BCUT2D eigenvalue weighted by molar-refractivity contribution is -0.0469. The van der Waals surface area contributed by atoms with Crippen molar-refractivity contribution in [3.05, 3.63) is 0 Å². The Hall–Kier alpha value is -0.770. The number of hydrogen-bond donors (Lipinski definition) is 0. The lowest BCUT2D eigenvalue weighted by Crippen LogP contribution is -2.72. The summed E-state index contributed by atoms with van der Waals surface area (Å²) in [6.45, 7) is 5.22. The van der Waals surface area contributed by atoms with Gasteiger partial charge in [-0.05, 0) is 13.8 Å². The van der Waals surface area contributed by atoms with Gasteiger partial charge < -0.3 is 14.4 Å². The topological polar surface area (TPSA) is 42.1 Å². The Kier molecular flexibility index (Phi) is 1.17. The van der Waals surface area contributed by atoms with Crippen molar-refractivity contribution in [2.24, 2.45) is 5.92 Å². The smallest absolute Gasteiger partial charge is 0.410 e. The molecule has 3 fully saturated rings. The lowest BCUT2D eigenvalue weighted by Gasteiger charge is -2.54. The van der Waals surface area contributed by atoms with E-state index in [1.165, 1.54) is 0 Å². The fraction of sp³-hybridized carbons (Fsp3) is 0.889. The van der Waals surface area contributed by atoms with Crippen LogP contribution < -0.4 is 0 Å². The van der Waals surface area contributed by atoms with Gasteiger partial charge in [0.2, 0.25) is 0 Å². The van der Waals surface area contributed by atoms with Crippen LogP contribution in [0.2, 0.25) is 0 Å². The van der Waals surface area contributed by atoms with Gasteiger partial charge in [0, 0.05) is 12.5 Å². The van der Waals surface area contributed by atoms with Crippen LogP contribution in [-0.2, 0) is 9.47 Å². The number of hydrogen-bond acceptors (Lipinski definition) is 3. The monoisotopic (exact) mass is 183 g/mol. The summed E-state index contributed by atoms with van der Waals surface area (Å²) in [4.78, 5) is 13.1. The van der Waals surface area contributed by atoms with Crippen LogP contribution in [0.3, 0.4) is 0 Å². The van der Waals surface area contributed by atoms with Gasteiger partial charge in [-0.2, -0.15) is 0 Å². The molecule has 2 saturated heterocycles. The van der Waals surface area contributed by atoms with E-state index in [4.69, 9.17) is 9.47 Å². The summed E-state index contributed by atoms with van der Waals surface area (Å²) in [7, 11) is 0. The third kappa shape index (κ3) is 0.690. The number of fused-ring (bicyclic) bond motifs is 4. The molecule has 0 aromatic carbocycles. The summed E-state index contributed by atoms with van der Waals surface area (Å²) in [5.41, 5.74) is 0.119. The first-order valence-electron chi connectivity index (χ1n) is 4.79. The maximum Gasteiger partial charge on any atom is 0.410 e. The van der Waals surface area contributed by atoms with E-state index in [-0.39, 0.29) is 11.7 Å². The highest BCUT2D eigenvalue weighted by Gasteiger charge is 2.80. The Labute approximate surface area is 76.8 Å². The molecule has 2 aliphatic heterocycles. The molecule has 2 heterocycles. The molecular weight excluding hydrogens is 170 g/mol. The van der Waals surface area contributed by atoms with Crippen LogP contribution in [0.5, 0.6) is 0 Å². The Morgan fingerprint density at radius 1 is 1.77 bits per heavy atom. The molecule has 1 amide bonds. The van der Waals surface area contributed by atoms with Gasteiger partial charge >= 0.3 is 6.09 Å². The Morgan fingerprint density at radius 2 is 2.54 bits per heavy atom. The van der Waals surface area contributed by atoms with Crippen LogP contribution in [0, 0.1) is 5.92 Å². The number of amides is 1. The third-order valence-electron chi connectivity index (χ3n) is 3.60. The molecule has 72 valence electrons. The molecule has 4 atom stereocenters. The molecule has 0 unspecified atom stereocenters. The fourth-order valence-electron chi connectivity index (χ4n) is 2.65. The zero-order valence-corrected chi connectivity index (χ0v) is 7.82. The Morgan fingerprint density at radius 3 is 3.15 bits per heavy atom. The predicted octanol–water partition coefficient (Wildman–Crippen LogP) is 0.614. The van der Waals surface area contributed by atoms with Crippen molar-refractivity contribution in [1.82, 2.24) is 4.90 Å². The van der Waals surface area contributed by atoms with Gasteiger partial charge in [0.1, 0.15) is 11.7 Å². The van der Waals surface area contributed by atoms with Gasteiger partial charge in [0.15, 0.2) is 0 Å². The first kappa shape index (κ1) is 7.62. The molecule has 0 spiro atoms. The Bertz CT molecular complexity index is 280. The average Bonchev–Trinajstić information content (AvgIpc) is 2.56. The number of ether oxygens (including phenoxy) is 2. The Balaban J connectivity index is 1.64. The largest absolute Gasteiger partial charge is 0.450 e. The molecule has 0 bridgehead atoms.